The predicted molar refractivity (Wildman–Crippen MR) is 206 cm³/mol. The summed E-state index contributed by atoms with van der Waals surface area (Å²) in [4.78, 5) is 0. The quantitative estimate of drug-likeness (QED) is 0.0698. The van der Waals surface area contributed by atoms with Gasteiger partial charge in [-0.3, -0.25) is 9.11 Å². The number of nitrogens with one attached hydrogen (secondary N) is 2. The van der Waals surface area contributed by atoms with Gasteiger partial charge in [0.05, 0.1) is 23.5 Å². The Bertz CT molecular complexity index is 2400. The smallest absolute Gasteiger partial charge is 0.281 e. The number of hydrogen-bond donors (Lipinski definition) is 8. The largest absolute Gasteiger partial charge is 0.397 e. The number of nitrogens with two attached hydrogens (primary N) is 4. The van der Waals surface area contributed by atoms with E-state index in [2.05, 4.69) is 21.3 Å². The molecule has 6 rings (SSSR count). The van der Waals surface area contributed by atoms with E-state index < -0.39 is 41.8 Å². The van der Waals surface area contributed by atoms with Crippen LogP contribution in [-0.2, 0) is 42.6 Å². The number of rotatable bonds is 11. The van der Waals surface area contributed by atoms with E-state index in [4.69, 9.17) is 25.8 Å². The van der Waals surface area contributed by atoms with Crippen molar-refractivity contribution < 1.29 is 28.8 Å². The van der Waals surface area contributed by atoms with Gasteiger partial charge in [-0.15, -0.1) is 0 Å². The van der Waals surface area contributed by atoms with Crippen LogP contribution in [0.2, 0.25) is 2.82 Å². The second-order valence-electron chi connectivity index (χ2n) is 13.5. The van der Waals surface area contributed by atoms with E-state index in [1.54, 1.807) is 72.8 Å². The maximum atomic E-state index is 13.8. The molecule has 4 aromatic rings. The molecule has 2 aliphatic carbocycles. The van der Waals surface area contributed by atoms with E-state index in [9.17, 15) is 25.9 Å². The summed E-state index contributed by atoms with van der Waals surface area (Å²) in [5, 5.41) is 7.60. The summed E-state index contributed by atoms with van der Waals surface area (Å²) in [6.45, 7) is 3.82. The van der Waals surface area contributed by atoms with E-state index in [-0.39, 0.29) is 56.2 Å². The van der Waals surface area contributed by atoms with Gasteiger partial charge in [0.2, 0.25) is 2.82 Å². The molecule has 0 saturated heterocycles. The number of aryl methyl sites for hydroxylation is 2. The molecule has 0 saturated carbocycles. The van der Waals surface area contributed by atoms with Gasteiger partial charge >= 0.3 is 0 Å². The van der Waals surface area contributed by atoms with Crippen LogP contribution in [0.4, 0.5) is 0 Å². The Labute approximate surface area is 316 Å². The monoisotopic (exact) mass is 770 g/mol. The van der Waals surface area contributed by atoms with Gasteiger partial charge in [0.25, 0.3) is 20.2 Å². The first kappa shape index (κ1) is 35.9. The number of nitrogens with zero attached hydrogens (tertiary/aromatic N) is 2. The fourth-order valence-corrected chi connectivity index (χ4v) is 11.1. The molecule has 0 aliphatic heterocycles. The third-order valence-corrected chi connectivity index (χ3v) is 13.7. The molecule has 4 aromatic carbocycles. The highest BCUT2D eigenvalue weighted by atomic mass is 32.2. The summed E-state index contributed by atoms with van der Waals surface area (Å²) in [6, 6.07) is 19.7. The minimum absolute atomic E-state index is 0.0246. The fraction of sp³-hybridized carbons (Fsp3) is 0.263. The average Bonchev–Trinajstić information content (AvgIpc) is 3.15. The summed E-state index contributed by atoms with van der Waals surface area (Å²) in [5.41, 5.74) is 35.6. The molecule has 2 aliphatic rings. The van der Waals surface area contributed by atoms with Gasteiger partial charge in [-0.1, -0.05) is 112 Å². The lowest BCUT2D eigenvalue weighted by atomic mass is 9.73. The van der Waals surface area contributed by atoms with Crippen LogP contribution in [0.1, 0.15) is 71.2 Å². The van der Waals surface area contributed by atoms with E-state index in [1.165, 1.54) is 12.1 Å². The third-order valence-electron chi connectivity index (χ3n) is 10.7. The van der Waals surface area contributed by atoms with Crippen LogP contribution < -0.4 is 22.9 Å². The van der Waals surface area contributed by atoms with Crippen LogP contribution in [0.5, 0.6) is 0 Å². The first-order valence-corrected chi connectivity index (χ1v) is 20.1. The van der Waals surface area contributed by atoms with Crippen molar-refractivity contribution in [3.05, 3.63) is 141 Å². The molecule has 54 heavy (non-hydrogen) atoms. The second-order valence-corrected chi connectivity index (χ2v) is 16.7. The maximum absolute atomic E-state index is 13.8. The van der Waals surface area contributed by atoms with Crippen LogP contribution in [0, 0.1) is 11.0 Å². The molecule has 16 heteroatoms. The van der Waals surface area contributed by atoms with Crippen LogP contribution in [0.25, 0.3) is 22.5 Å². The molecule has 0 heterocycles. The van der Waals surface area contributed by atoms with Crippen LogP contribution >= 0.6 is 0 Å². The first-order valence-electron chi connectivity index (χ1n) is 18.1. The zero-order chi connectivity index (χ0) is 40.8. The first-order chi connectivity index (χ1) is 26.6. The minimum Gasteiger partial charge on any atom is -0.397 e. The van der Waals surface area contributed by atoms with Crippen LogP contribution in [0.15, 0.2) is 107 Å². The van der Waals surface area contributed by atoms with Crippen molar-refractivity contribution in [2.75, 3.05) is 0 Å². The molecule has 0 radical (unpaired) electrons. The molecule has 0 spiro atoms. The van der Waals surface area contributed by atoms with E-state index in [0.717, 1.165) is 0 Å². The fourth-order valence-electron chi connectivity index (χ4n) is 8.37. The predicted octanol–water partition coefficient (Wildman–Crippen LogP) is 5.52. The lowest BCUT2D eigenvalue weighted by Crippen LogP contribution is -2.55. The Morgan fingerprint density at radius 3 is 1.35 bits per heavy atom. The van der Waals surface area contributed by atoms with Gasteiger partial charge < -0.3 is 22.9 Å². The average molecular weight is 771 g/mol. The summed E-state index contributed by atoms with van der Waals surface area (Å²) in [7, 11) is -10.2. The van der Waals surface area contributed by atoms with Crippen LogP contribution in [0.3, 0.4) is 0 Å². The molecular formula is C38H42N8O6S2. The van der Waals surface area contributed by atoms with Crippen molar-refractivity contribution in [3.8, 4) is 11.1 Å². The lowest BCUT2D eigenvalue weighted by Gasteiger charge is -2.42. The van der Waals surface area contributed by atoms with E-state index in [1.807, 2.05) is 13.8 Å². The van der Waals surface area contributed by atoms with Crippen LogP contribution in [-0.4, -0.2) is 38.0 Å². The summed E-state index contributed by atoms with van der Waals surface area (Å²) in [6.07, 6.45) is 1.83. The Hall–Kier alpha value is -5.10. The second kappa shape index (κ2) is 14.0. The number of benzene rings is 4. The highest BCUT2D eigenvalue weighted by molar-refractivity contribution is 7.87. The molecule has 4 unspecified atom stereocenters. The Kier molecular flexibility index (Phi) is 9.28. The molecule has 0 fully saturated rings. The Balaban J connectivity index is 1.61. The van der Waals surface area contributed by atoms with E-state index in [0.29, 0.717) is 47.9 Å². The normalized spacial score (nSPS) is 23.7. The standard InChI is InChI=1S/C38H42N8O6S2/c1-3-9-23-19-21(15-17-27(23)37(53(47,48)49)29-13-7-5-11-25(29)31(39)33(45-43)35(37)41)22-16-18-28(24(20-22)10-4-2)38(54(50,51)52)30-14-8-6-12-26(30)32(40)34(46-44)36(38)42/h5-8,11-20,35-36,43-44H,3-4,9-10,39-42H2,1-2H3,(H,47,48,49)(H,50,51,52)/b45-43+,46-44+. The number of hydrogen-bond acceptors (Lipinski definition) is 12. The van der Waals surface area contributed by atoms with Crippen molar-refractivity contribution in [1.82, 2.24) is 0 Å². The third kappa shape index (κ3) is 5.43. The zero-order valence-corrected chi connectivity index (χ0v) is 31.1. The summed E-state index contributed by atoms with van der Waals surface area (Å²) < 4.78 is 88.0. The van der Waals surface area contributed by atoms with Crippen molar-refractivity contribution in [3.63, 3.8) is 0 Å². The van der Waals surface area contributed by atoms with Crippen molar-refractivity contribution in [2.45, 2.75) is 61.1 Å². The molecular weight excluding hydrogens is 729 g/mol. The van der Waals surface area contributed by atoms with Gasteiger partial charge in [0.1, 0.15) is 11.4 Å². The van der Waals surface area contributed by atoms with Crippen molar-refractivity contribution >= 4 is 31.6 Å². The lowest BCUT2D eigenvalue weighted by molar-refractivity contribution is 0.421. The summed E-state index contributed by atoms with van der Waals surface area (Å²) >= 11 is 0. The van der Waals surface area contributed by atoms with Crippen molar-refractivity contribution in [2.24, 2.45) is 33.2 Å². The van der Waals surface area contributed by atoms with Crippen molar-refractivity contribution in [1.29, 1.82) is 11.0 Å². The van der Waals surface area contributed by atoms with Gasteiger partial charge in [-0.05, 0) is 57.3 Å². The SMILES string of the molecule is [H]/N=N/C1=C(N)c2ccccc2C(c2ccc(-c3ccc(C4(S(=O)(=O)O)c5ccccc5C(N)=C(/N=N/[H])C4N)c(CCC)c3)cc2CCC)(S(=O)(=O)O)C1N. The summed E-state index contributed by atoms with van der Waals surface area (Å²) in [5.74, 6) is 0. The van der Waals surface area contributed by atoms with Gasteiger partial charge in [-0.25, -0.2) is 11.0 Å². The van der Waals surface area contributed by atoms with Gasteiger partial charge in [0.15, 0.2) is 9.49 Å². The Morgan fingerprint density at radius 2 is 1.02 bits per heavy atom. The molecule has 0 amide bonds. The highest BCUT2D eigenvalue weighted by Crippen LogP contribution is 2.52. The number of fused-ring (bicyclic) bond motifs is 2. The molecule has 0 bridgehead atoms. The topological polar surface area (TPSA) is 285 Å². The highest BCUT2D eigenvalue weighted by Gasteiger charge is 2.59. The Morgan fingerprint density at radius 1 is 0.648 bits per heavy atom. The molecule has 282 valence electrons. The maximum Gasteiger partial charge on any atom is 0.281 e. The molecule has 14 nitrogen and oxygen atoms in total. The molecule has 12 N–H and O–H groups in total. The van der Waals surface area contributed by atoms with Gasteiger partial charge in [0, 0.05) is 11.1 Å². The van der Waals surface area contributed by atoms with Gasteiger partial charge in [-0.2, -0.15) is 27.1 Å². The minimum atomic E-state index is -5.10. The van der Waals surface area contributed by atoms with E-state index >= 15 is 0 Å². The molecule has 0 aromatic heterocycles. The molecule has 4 atom stereocenters. The zero-order valence-electron chi connectivity index (χ0n) is 31.5.